The van der Waals surface area contributed by atoms with Gasteiger partial charge in [-0.05, 0) is 31.6 Å². The molecule has 0 heterocycles. The van der Waals surface area contributed by atoms with E-state index in [0.29, 0.717) is 12.3 Å². The zero-order chi connectivity index (χ0) is 10.9. The summed E-state index contributed by atoms with van der Waals surface area (Å²) in [6.07, 6.45) is 1.62. The molecule has 0 saturated heterocycles. The highest BCUT2D eigenvalue weighted by atomic mass is 16.5. The summed E-state index contributed by atoms with van der Waals surface area (Å²) in [7, 11) is 1.45. The molecule has 0 radical (unpaired) electrons. The van der Waals surface area contributed by atoms with E-state index in [1.807, 2.05) is 0 Å². The Morgan fingerprint density at radius 2 is 2.07 bits per heavy atom. The van der Waals surface area contributed by atoms with Crippen LogP contribution >= 0.6 is 0 Å². The van der Waals surface area contributed by atoms with Crippen LogP contribution in [0, 0.1) is 11.3 Å². The maximum absolute atomic E-state index is 11.1. The molecule has 14 heavy (non-hydrogen) atoms. The molecule has 1 saturated carbocycles. The minimum absolute atomic E-state index is 0.0871. The first kappa shape index (κ1) is 11.3. The number of esters is 1. The van der Waals surface area contributed by atoms with Crippen molar-refractivity contribution in [3.63, 3.8) is 0 Å². The molecule has 0 bridgehead atoms. The van der Waals surface area contributed by atoms with Gasteiger partial charge in [0.05, 0.1) is 7.11 Å². The summed E-state index contributed by atoms with van der Waals surface area (Å²) in [6.45, 7) is 8.72. The van der Waals surface area contributed by atoms with E-state index in [1.165, 1.54) is 18.3 Å². The summed E-state index contributed by atoms with van der Waals surface area (Å²) in [6, 6.07) is 0. The van der Waals surface area contributed by atoms with E-state index in [9.17, 15) is 4.79 Å². The highest BCUT2D eigenvalue weighted by Crippen LogP contribution is 2.53. The molecule has 0 aromatic heterocycles. The Labute approximate surface area is 86.3 Å². The van der Waals surface area contributed by atoms with Crippen LogP contribution in [0.3, 0.4) is 0 Å². The van der Waals surface area contributed by atoms with Gasteiger partial charge in [0, 0.05) is 6.42 Å². The molecule has 0 N–H and O–H groups in total. The van der Waals surface area contributed by atoms with Gasteiger partial charge in [0.25, 0.3) is 0 Å². The first-order valence-corrected chi connectivity index (χ1v) is 5.13. The molecule has 1 atom stereocenters. The number of carbonyl (C=O) groups excluding carboxylic acids is 1. The van der Waals surface area contributed by atoms with Crippen molar-refractivity contribution in [1.29, 1.82) is 0 Å². The van der Waals surface area contributed by atoms with Crippen molar-refractivity contribution >= 4 is 5.97 Å². The van der Waals surface area contributed by atoms with Gasteiger partial charge in [-0.25, -0.2) is 0 Å². The molecule has 0 amide bonds. The highest BCUT2D eigenvalue weighted by Gasteiger charge is 2.44. The van der Waals surface area contributed by atoms with Gasteiger partial charge in [0.15, 0.2) is 0 Å². The molecule has 1 aliphatic carbocycles. The normalized spacial score (nSPS) is 24.1. The number of ether oxygens (including phenoxy) is 1. The quantitative estimate of drug-likeness (QED) is 0.501. The van der Waals surface area contributed by atoms with Crippen LogP contribution in [0.15, 0.2) is 11.1 Å². The number of hydrogen-bond acceptors (Lipinski definition) is 2. The summed E-state index contributed by atoms with van der Waals surface area (Å²) in [5.41, 5.74) is 3.09. The molecule has 1 aliphatic rings. The molecule has 1 rings (SSSR count). The Balaban J connectivity index is 2.64. The van der Waals surface area contributed by atoms with Crippen molar-refractivity contribution in [3.05, 3.63) is 11.1 Å². The molecule has 0 spiro atoms. The van der Waals surface area contributed by atoms with Crippen LogP contribution in [-0.2, 0) is 9.53 Å². The Morgan fingerprint density at radius 3 is 2.43 bits per heavy atom. The monoisotopic (exact) mass is 196 g/mol. The van der Waals surface area contributed by atoms with E-state index in [0.717, 1.165) is 6.42 Å². The first-order valence-electron chi connectivity index (χ1n) is 5.13. The smallest absolute Gasteiger partial charge is 0.305 e. The predicted octanol–water partition coefficient (Wildman–Crippen LogP) is 2.93. The van der Waals surface area contributed by atoms with E-state index in [-0.39, 0.29) is 11.4 Å². The van der Waals surface area contributed by atoms with Gasteiger partial charge >= 0.3 is 5.97 Å². The molecule has 0 aromatic carbocycles. The van der Waals surface area contributed by atoms with E-state index in [1.54, 1.807) is 0 Å². The van der Waals surface area contributed by atoms with Gasteiger partial charge in [0.1, 0.15) is 0 Å². The van der Waals surface area contributed by atoms with Crippen molar-refractivity contribution in [2.75, 3.05) is 7.11 Å². The Bertz CT molecular complexity index is 270. The highest BCUT2D eigenvalue weighted by molar-refractivity contribution is 5.70. The van der Waals surface area contributed by atoms with E-state index >= 15 is 0 Å². The molecular formula is C12H20O2. The fourth-order valence-electron chi connectivity index (χ4n) is 2.34. The zero-order valence-corrected chi connectivity index (χ0v) is 9.81. The van der Waals surface area contributed by atoms with Gasteiger partial charge in [-0.3, -0.25) is 4.79 Å². The van der Waals surface area contributed by atoms with Gasteiger partial charge in [0.2, 0.25) is 0 Å². The second-order valence-corrected chi connectivity index (χ2v) is 4.88. The van der Waals surface area contributed by atoms with E-state index < -0.39 is 0 Å². The SMILES string of the molecule is COC(=O)C[C@H]1CC(=C(C)C)C1(C)C. The molecule has 1 fully saturated rings. The van der Waals surface area contributed by atoms with Crippen LogP contribution in [0.25, 0.3) is 0 Å². The summed E-state index contributed by atoms with van der Waals surface area (Å²) < 4.78 is 4.69. The fraction of sp³-hybridized carbons (Fsp3) is 0.750. The third-order valence-electron chi connectivity index (χ3n) is 3.49. The minimum atomic E-state index is -0.0871. The lowest BCUT2D eigenvalue weighted by atomic mass is 9.56. The molecule has 2 heteroatoms. The van der Waals surface area contributed by atoms with Crippen molar-refractivity contribution in [3.8, 4) is 0 Å². The molecular weight excluding hydrogens is 176 g/mol. The van der Waals surface area contributed by atoms with Gasteiger partial charge in [-0.15, -0.1) is 0 Å². The summed E-state index contributed by atoms with van der Waals surface area (Å²) in [5, 5.41) is 0. The van der Waals surface area contributed by atoms with Gasteiger partial charge in [-0.2, -0.15) is 0 Å². The predicted molar refractivity (Wildman–Crippen MR) is 56.9 cm³/mol. The van der Waals surface area contributed by atoms with Crippen LogP contribution < -0.4 is 0 Å². The van der Waals surface area contributed by atoms with Crippen LogP contribution in [0.5, 0.6) is 0 Å². The van der Waals surface area contributed by atoms with Crippen LogP contribution in [0.2, 0.25) is 0 Å². The summed E-state index contributed by atoms with van der Waals surface area (Å²) in [5.74, 6) is 0.371. The lowest BCUT2D eigenvalue weighted by molar-refractivity contribution is -0.143. The lowest BCUT2D eigenvalue weighted by Gasteiger charge is -2.48. The molecule has 2 nitrogen and oxygen atoms in total. The van der Waals surface area contributed by atoms with Gasteiger partial charge in [-0.1, -0.05) is 25.0 Å². The molecule has 80 valence electrons. The number of hydrogen-bond donors (Lipinski definition) is 0. The Hall–Kier alpha value is -0.790. The maximum Gasteiger partial charge on any atom is 0.305 e. The van der Waals surface area contributed by atoms with Crippen LogP contribution in [0.4, 0.5) is 0 Å². The topological polar surface area (TPSA) is 26.3 Å². The van der Waals surface area contributed by atoms with Crippen LogP contribution in [0.1, 0.15) is 40.5 Å². The van der Waals surface area contributed by atoms with Crippen molar-refractivity contribution in [2.24, 2.45) is 11.3 Å². The van der Waals surface area contributed by atoms with Crippen LogP contribution in [-0.4, -0.2) is 13.1 Å². The first-order chi connectivity index (χ1) is 6.39. The second kappa shape index (κ2) is 3.76. The molecule has 0 unspecified atom stereocenters. The largest absolute Gasteiger partial charge is 0.469 e. The minimum Gasteiger partial charge on any atom is -0.469 e. The lowest BCUT2D eigenvalue weighted by Crippen LogP contribution is -2.39. The average molecular weight is 196 g/mol. The zero-order valence-electron chi connectivity index (χ0n) is 9.81. The third kappa shape index (κ3) is 1.84. The summed E-state index contributed by atoms with van der Waals surface area (Å²) in [4.78, 5) is 11.1. The maximum atomic E-state index is 11.1. The van der Waals surface area contributed by atoms with E-state index in [4.69, 9.17) is 4.74 Å². The van der Waals surface area contributed by atoms with E-state index in [2.05, 4.69) is 27.7 Å². The number of rotatable bonds is 2. The standard InChI is InChI=1S/C12H20O2/c1-8(2)10-6-9(12(10,3)4)7-11(13)14-5/h9H,6-7H2,1-5H3/t9-/m1/s1. The van der Waals surface area contributed by atoms with Gasteiger partial charge < -0.3 is 4.74 Å². The van der Waals surface area contributed by atoms with Crippen molar-refractivity contribution in [2.45, 2.75) is 40.5 Å². The fourth-order valence-corrected chi connectivity index (χ4v) is 2.34. The summed E-state index contributed by atoms with van der Waals surface area (Å²) >= 11 is 0. The Kier molecular flexibility index (Phi) is 3.03. The third-order valence-corrected chi connectivity index (χ3v) is 3.49. The number of allylic oxidation sites excluding steroid dienone is 2. The molecule has 0 aromatic rings. The second-order valence-electron chi connectivity index (χ2n) is 4.88. The Morgan fingerprint density at radius 1 is 1.50 bits per heavy atom. The van der Waals surface area contributed by atoms with Crippen molar-refractivity contribution < 1.29 is 9.53 Å². The van der Waals surface area contributed by atoms with Crippen molar-refractivity contribution in [1.82, 2.24) is 0 Å². The number of carbonyl (C=O) groups is 1. The average Bonchev–Trinajstić information content (AvgIpc) is 2.10. The molecule has 0 aliphatic heterocycles. The number of methoxy groups -OCH3 is 1.